The van der Waals surface area contributed by atoms with Crippen LogP contribution in [-0.2, 0) is 11.2 Å². The summed E-state index contributed by atoms with van der Waals surface area (Å²) in [4.78, 5) is 12.0. The summed E-state index contributed by atoms with van der Waals surface area (Å²) < 4.78 is 0. The maximum absolute atomic E-state index is 12.0. The average molecular weight is 324 g/mol. The second kappa shape index (κ2) is 7.52. The summed E-state index contributed by atoms with van der Waals surface area (Å²) in [7, 11) is 0. The van der Waals surface area contributed by atoms with Crippen LogP contribution in [0.4, 0.5) is 5.13 Å². The number of carbonyl (C=O) groups is 1. The van der Waals surface area contributed by atoms with E-state index < -0.39 is 0 Å². The van der Waals surface area contributed by atoms with Gasteiger partial charge in [-0.1, -0.05) is 48.9 Å². The van der Waals surface area contributed by atoms with E-state index in [1.54, 1.807) is 12.1 Å². The monoisotopic (exact) mass is 323 g/mol. The van der Waals surface area contributed by atoms with Crippen LogP contribution in [0.15, 0.2) is 24.3 Å². The molecule has 1 aromatic heterocycles. The zero-order valence-electron chi connectivity index (χ0n) is 12.1. The number of halogens is 1. The Bertz CT molecular complexity index is 593. The maximum atomic E-state index is 12.0. The van der Waals surface area contributed by atoms with Gasteiger partial charge in [0.25, 0.3) is 0 Å². The van der Waals surface area contributed by atoms with Gasteiger partial charge in [-0.2, -0.15) is 0 Å². The first-order chi connectivity index (χ1) is 10.1. The zero-order chi connectivity index (χ0) is 15.2. The number of anilines is 1. The van der Waals surface area contributed by atoms with Crippen LogP contribution in [0.2, 0.25) is 5.02 Å². The van der Waals surface area contributed by atoms with Crippen molar-refractivity contribution in [3.63, 3.8) is 0 Å². The van der Waals surface area contributed by atoms with Crippen LogP contribution in [-0.4, -0.2) is 16.1 Å². The Labute approximate surface area is 133 Å². The number of hydrogen-bond donors (Lipinski definition) is 1. The number of rotatable bonds is 6. The normalized spacial score (nSPS) is 10.9. The van der Waals surface area contributed by atoms with Crippen molar-refractivity contribution in [3.05, 3.63) is 39.9 Å². The summed E-state index contributed by atoms with van der Waals surface area (Å²) in [6.45, 7) is 4.27. The van der Waals surface area contributed by atoms with Gasteiger partial charge in [0.2, 0.25) is 11.0 Å². The van der Waals surface area contributed by atoms with Gasteiger partial charge in [0.15, 0.2) is 0 Å². The highest BCUT2D eigenvalue weighted by molar-refractivity contribution is 7.15. The van der Waals surface area contributed by atoms with Gasteiger partial charge < -0.3 is 5.32 Å². The summed E-state index contributed by atoms with van der Waals surface area (Å²) >= 11 is 7.28. The molecular weight excluding hydrogens is 306 g/mol. The third kappa shape index (κ3) is 4.51. The van der Waals surface area contributed by atoms with Gasteiger partial charge in [0, 0.05) is 10.9 Å². The van der Waals surface area contributed by atoms with Crippen molar-refractivity contribution in [1.82, 2.24) is 10.2 Å². The van der Waals surface area contributed by atoms with Gasteiger partial charge in [0.1, 0.15) is 5.01 Å². The smallest absolute Gasteiger partial charge is 0.230 e. The Morgan fingerprint density at radius 3 is 2.52 bits per heavy atom. The molecule has 112 valence electrons. The highest BCUT2D eigenvalue weighted by atomic mass is 35.5. The maximum Gasteiger partial charge on any atom is 0.230 e. The third-order valence-electron chi connectivity index (χ3n) is 3.30. The predicted octanol–water partition coefficient (Wildman–Crippen LogP) is 4.28. The molecule has 0 saturated carbocycles. The fourth-order valence-electron chi connectivity index (χ4n) is 2.04. The lowest BCUT2D eigenvalue weighted by Crippen LogP contribution is -2.14. The minimum atomic E-state index is -0.0930. The van der Waals surface area contributed by atoms with Crippen molar-refractivity contribution in [2.24, 2.45) is 0 Å². The van der Waals surface area contributed by atoms with Crippen LogP contribution < -0.4 is 5.32 Å². The Morgan fingerprint density at radius 1 is 1.24 bits per heavy atom. The number of benzene rings is 1. The molecule has 6 heteroatoms. The summed E-state index contributed by atoms with van der Waals surface area (Å²) in [6, 6.07) is 7.25. The Morgan fingerprint density at radius 2 is 1.90 bits per heavy atom. The second-order valence-corrected chi connectivity index (χ2v) is 6.26. The van der Waals surface area contributed by atoms with Crippen LogP contribution >= 0.6 is 22.9 Å². The molecule has 0 unspecified atom stereocenters. The summed E-state index contributed by atoms with van der Waals surface area (Å²) in [6.07, 6.45) is 2.37. The molecule has 0 radical (unpaired) electrons. The topological polar surface area (TPSA) is 54.9 Å². The second-order valence-electron chi connectivity index (χ2n) is 4.81. The van der Waals surface area contributed by atoms with E-state index in [0.29, 0.717) is 22.5 Å². The van der Waals surface area contributed by atoms with Crippen molar-refractivity contribution < 1.29 is 4.79 Å². The lowest BCUT2D eigenvalue weighted by atomic mass is 10.1. The lowest BCUT2D eigenvalue weighted by Gasteiger charge is -2.05. The van der Waals surface area contributed by atoms with Crippen molar-refractivity contribution in [2.75, 3.05) is 5.32 Å². The standard InChI is InChI=1S/C15H18ClN3OS/c1-3-11(4-2)14-18-19-15(21-14)17-13(20)9-10-5-7-12(16)8-6-10/h5-8,11H,3-4,9H2,1-2H3,(H,17,19,20). The van der Waals surface area contributed by atoms with Gasteiger partial charge in [-0.05, 0) is 30.5 Å². The largest absolute Gasteiger partial charge is 0.300 e. The molecule has 0 spiro atoms. The fraction of sp³-hybridized carbons (Fsp3) is 0.400. The zero-order valence-corrected chi connectivity index (χ0v) is 13.7. The molecule has 0 fully saturated rings. The molecule has 0 bridgehead atoms. The molecule has 2 rings (SSSR count). The highest BCUT2D eigenvalue weighted by Crippen LogP contribution is 2.28. The van der Waals surface area contributed by atoms with Gasteiger partial charge in [0.05, 0.1) is 6.42 Å². The van der Waals surface area contributed by atoms with E-state index in [1.807, 2.05) is 12.1 Å². The molecule has 4 nitrogen and oxygen atoms in total. The minimum absolute atomic E-state index is 0.0930. The Kier molecular flexibility index (Phi) is 5.70. The van der Waals surface area contributed by atoms with Crippen molar-refractivity contribution >= 4 is 34.0 Å². The average Bonchev–Trinajstić information content (AvgIpc) is 2.91. The predicted molar refractivity (Wildman–Crippen MR) is 87.0 cm³/mol. The summed E-state index contributed by atoms with van der Waals surface area (Å²) in [5.41, 5.74) is 0.918. The van der Waals surface area contributed by atoms with Crippen molar-refractivity contribution in [3.8, 4) is 0 Å². The van der Waals surface area contributed by atoms with Crippen LogP contribution in [0.5, 0.6) is 0 Å². The van der Waals surface area contributed by atoms with E-state index in [-0.39, 0.29) is 5.91 Å². The van der Waals surface area contributed by atoms with Crippen LogP contribution in [0.1, 0.15) is 43.2 Å². The molecule has 1 heterocycles. The molecule has 21 heavy (non-hydrogen) atoms. The molecule has 1 aromatic carbocycles. The number of nitrogens with zero attached hydrogens (tertiary/aromatic N) is 2. The number of carbonyl (C=O) groups excluding carboxylic acids is 1. The fourth-order valence-corrected chi connectivity index (χ4v) is 3.19. The first-order valence-electron chi connectivity index (χ1n) is 7.00. The third-order valence-corrected chi connectivity index (χ3v) is 4.55. The molecule has 0 saturated heterocycles. The number of hydrogen-bond acceptors (Lipinski definition) is 4. The van der Waals surface area contributed by atoms with Crippen LogP contribution in [0.25, 0.3) is 0 Å². The van der Waals surface area contributed by atoms with Gasteiger partial charge >= 0.3 is 0 Å². The van der Waals surface area contributed by atoms with E-state index >= 15 is 0 Å². The van der Waals surface area contributed by atoms with Crippen molar-refractivity contribution in [1.29, 1.82) is 0 Å². The molecule has 2 aromatic rings. The van der Waals surface area contributed by atoms with Crippen LogP contribution in [0.3, 0.4) is 0 Å². The van der Waals surface area contributed by atoms with E-state index in [1.165, 1.54) is 11.3 Å². The minimum Gasteiger partial charge on any atom is -0.300 e. The van der Waals surface area contributed by atoms with E-state index in [4.69, 9.17) is 11.6 Å². The summed E-state index contributed by atoms with van der Waals surface area (Å²) in [5, 5.41) is 13.2. The van der Waals surface area contributed by atoms with Gasteiger partial charge in [-0.15, -0.1) is 10.2 Å². The van der Waals surface area contributed by atoms with Gasteiger partial charge in [-0.3, -0.25) is 4.79 Å². The molecular formula is C15H18ClN3OS. The molecule has 1 amide bonds. The molecule has 0 aliphatic heterocycles. The number of nitrogens with one attached hydrogen (secondary N) is 1. The van der Waals surface area contributed by atoms with E-state index in [9.17, 15) is 4.79 Å². The SMILES string of the molecule is CCC(CC)c1nnc(NC(=O)Cc2ccc(Cl)cc2)s1. The Hall–Kier alpha value is -1.46. The highest BCUT2D eigenvalue weighted by Gasteiger charge is 2.14. The van der Waals surface area contributed by atoms with E-state index in [0.717, 1.165) is 23.4 Å². The molecule has 1 N–H and O–H groups in total. The Balaban J connectivity index is 1.95. The van der Waals surface area contributed by atoms with Crippen molar-refractivity contribution in [2.45, 2.75) is 39.0 Å². The first kappa shape index (κ1) is 15.9. The number of aromatic nitrogens is 2. The van der Waals surface area contributed by atoms with Crippen LogP contribution in [0, 0.1) is 0 Å². The lowest BCUT2D eigenvalue weighted by molar-refractivity contribution is -0.115. The quantitative estimate of drug-likeness (QED) is 0.863. The van der Waals surface area contributed by atoms with Gasteiger partial charge in [-0.25, -0.2) is 0 Å². The molecule has 0 aliphatic rings. The first-order valence-corrected chi connectivity index (χ1v) is 8.19. The molecule has 0 atom stereocenters. The summed E-state index contributed by atoms with van der Waals surface area (Å²) in [5.74, 6) is 0.328. The van der Waals surface area contributed by atoms with E-state index in [2.05, 4.69) is 29.4 Å². The molecule has 0 aliphatic carbocycles. The number of amides is 1.